The molecule has 0 saturated heterocycles. The second-order valence-corrected chi connectivity index (χ2v) is 4.77. The maximum absolute atomic E-state index is 13.3. The summed E-state index contributed by atoms with van der Waals surface area (Å²) in [5.41, 5.74) is -0.718. The number of anilines is 1. The monoisotopic (exact) mass is 276 g/mol. The molecule has 0 aliphatic heterocycles. The normalized spacial score (nSPS) is 11.4. The van der Waals surface area contributed by atoms with Crippen LogP contribution in [0.2, 0.25) is 5.02 Å². The minimum absolute atomic E-state index is 0.0759. The molecule has 0 fully saturated rings. The number of hydrogen-bond donors (Lipinski definition) is 1. The van der Waals surface area contributed by atoms with Crippen LogP contribution in [0.25, 0.3) is 0 Å². The van der Waals surface area contributed by atoms with Crippen LogP contribution in [0.3, 0.4) is 0 Å². The maximum Gasteiger partial charge on any atom is 0.294 e. The van der Waals surface area contributed by atoms with Gasteiger partial charge in [-0.05, 0) is 13.8 Å². The van der Waals surface area contributed by atoms with Crippen LogP contribution in [0.4, 0.5) is 15.8 Å². The molecule has 0 spiro atoms. The molecule has 0 unspecified atom stereocenters. The zero-order valence-electron chi connectivity index (χ0n) is 10.3. The summed E-state index contributed by atoms with van der Waals surface area (Å²) < 4.78 is 18.5. The molecule has 0 aliphatic carbocycles. The number of ether oxygens (including phenoxy) is 1. The molecule has 7 heteroatoms. The van der Waals surface area contributed by atoms with Gasteiger partial charge in [0.1, 0.15) is 11.5 Å². The van der Waals surface area contributed by atoms with Crippen LogP contribution >= 0.6 is 11.6 Å². The summed E-state index contributed by atoms with van der Waals surface area (Å²) >= 11 is 5.52. The van der Waals surface area contributed by atoms with Crippen molar-refractivity contribution in [2.45, 2.75) is 19.4 Å². The van der Waals surface area contributed by atoms with Gasteiger partial charge in [-0.25, -0.2) is 4.39 Å². The van der Waals surface area contributed by atoms with Gasteiger partial charge < -0.3 is 10.1 Å². The Hall–Kier alpha value is -1.40. The van der Waals surface area contributed by atoms with Crippen molar-refractivity contribution in [3.05, 3.63) is 33.1 Å². The number of methoxy groups -OCH3 is 1. The van der Waals surface area contributed by atoms with E-state index in [2.05, 4.69) is 5.32 Å². The summed E-state index contributed by atoms with van der Waals surface area (Å²) in [5, 5.41) is 13.3. The largest absolute Gasteiger partial charge is 0.377 e. The van der Waals surface area contributed by atoms with Gasteiger partial charge in [0, 0.05) is 25.8 Å². The Labute approximate surface area is 109 Å². The van der Waals surface area contributed by atoms with E-state index in [9.17, 15) is 14.5 Å². The highest BCUT2D eigenvalue weighted by molar-refractivity contribution is 6.31. The zero-order valence-corrected chi connectivity index (χ0v) is 11.0. The van der Waals surface area contributed by atoms with Crippen LogP contribution in [-0.2, 0) is 4.74 Å². The fourth-order valence-electron chi connectivity index (χ4n) is 1.21. The first-order chi connectivity index (χ1) is 8.26. The van der Waals surface area contributed by atoms with Crippen LogP contribution < -0.4 is 5.32 Å². The lowest BCUT2D eigenvalue weighted by Gasteiger charge is -2.23. The predicted octanol–water partition coefficient (Wildman–Crippen LogP) is 3.22. The number of rotatable bonds is 5. The van der Waals surface area contributed by atoms with Crippen molar-refractivity contribution in [3.8, 4) is 0 Å². The summed E-state index contributed by atoms with van der Waals surface area (Å²) in [6.45, 7) is 3.90. The van der Waals surface area contributed by atoms with Gasteiger partial charge in [-0.1, -0.05) is 11.6 Å². The number of benzene rings is 1. The predicted molar refractivity (Wildman–Crippen MR) is 67.6 cm³/mol. The highest BCUT2D eigenvalue weighted by Gasteiger charge is 2.21. The van der Waals surface area contributed by atoms with Crippen molar-refractivity contribution >= 4 is 23.0 Å². The third kappa shape index (κ3) is 3.54. The molecule has 1 aromatic rings. The molecule has 0 heterocycles. The fraction of sp³-hybridized carbons (Fsp3) is 0.455. The molecule has 0 aliphatic rings. The van der Waals surface area contributed by atoms with Gasteiger partial charge in [-0.15, -0.1) is 0 Å². The quantitative estimate of drug-likeness (QED) is 0.662. The molecule has 0 bridgehead atoms. The number of nitrogens with zero attached hydrogens (tertiary/aromatic N) is 1. The minimum atomic E-state index is -0.708. The van der Waals surface area contributed by atoms with E-state index in [1.54, 1.807) is 13.8 Å². The van der Waals surface area contributed by atoms with Gasteiger partial charge in [-0.3, -0.25) is 10.1 Å². The van der Waals surface area contributed by atoms with E-state index in [1.807, 2.05) is 0 Å². The third-order valence-electron chi connectivity index (χ3n) is 2.49. The van der Waals surface area contributed by atoms with Gasteiger partial charge >= 0.3 is 0 Å². The van der Waals surface area contributed by atoms with E-state index in [0.29, 0.717) is 6.54 Å². The Morgan fingerprint density at radius 2 is 2.17 bits per heavy atom. The number of hydrogen-bond acceptors (Lipinski definition) is 4. The fourth-order valence-corrected chi connectivity index (χ4v) is 1.37. The van der Waals surface area contributed by atoms with Gasteiger partial charge in [0.15, 0.2) is 0 Å². The standard InChI is InChI=1S/C11H14ClFN2O3/c1-11(2,18-3)6-14-9-5-8(13)7(12)4-10(9)15(16)17/h4-5,14H,6H2,1-3H3. The van der Waals surface area contributed by atoms with E-state index in [0.717, 1.165) is 12.1 Å². The zero-order chi connectivity index (χ0) is 13.9. The highest BCUT2D eigenvalue weighted by Crippen LogP contribution is 2.30. The summed E-state index contributed by atoms with van der Waals surface area (Å²) in [7, 11) is 1.53. The Balaban J connectivity index is 3.01. The van der Waals surface area contributed by atoms with Crippen LogP contribution in [-0.4, -0.2) is 24.2 Å². The Morgan fingerprint density at radius 1 is 1.56 bits per heavy atom. The average Bonchev–Trinajstić information content (AvgIpc) is 2.30. The Kier molecular flexibility index (Phi) is 4.48. The van der Waals surface area contributed by atoms with Crippen molar-refractivity contribution in [2.75, 3.05) is 19.0 Å². The molecule has 5 nitrogen and oxygen atoms in total. The topological polar surface area (TPSA) is 64.4 Å². The lowest BCUT2D eigenvalue weighted by atomic mass is 10.1. The van der Waals surface area contributed by atoms with Crippen molar-refractivity contribution in [2.24, 2.45) is 0 Å². The summed E-state index contributed by atoms with van der Waals surface area (Å²) in [5.74, 6) is -0.708. The van der Waals surface area contributed by atoms with Gasteiger partial charge in [0.2, 0.25) is 0 Å². The number of nitro benzene ring substituents is 1. The molecule has 0 aromatic heterocycles. The first-order valence-corrected chi connectivity index (χ1v) is 5.57. The smallest absolute Gasteiger partial charge is 0.294 e. The van der Waals surface area contributed by atoms with Crippen molar-refractivity contribution < 1.29 is 14.1 Å². The van der Waals surface area contributed by atoms with Crippen LogP contribution in [0.5, 0.6) is 0 Å². The van der Waals surface area contributed by atoms with Crippen molar-refractivity contribution in [3.63, 3.8) is 0 Å². The van der Waals surface area contributed by atoms with E-state index in [-0.39, 0.29) is 16.4 Å². The molecule has 1 N–H and O–H groups in total. The average molecular weight is 277 g/mol. The SMILES string of the molecule is COC(C)(C)CNc1cc(F)c(Cl)cc1[N+](=O)[O-]. The maximum atomic E-state index is 13.3. The Morgan fingerprint density at radius 3 is 2.67 bits per heavy atom. The molecular weight excluding hydrogens is 263 g/mol. The van der Waals surface area contributed by atoms with E-state index >= 15 is 0 Å². The lowest BCUT2D eigenvalue weighted by molar-refractivity contribution is -0.384. The molecule has 1 rings (SSSR count). The first kappa shape index (κ1) is 14.7. The summed E-state index contributed by atoms with van der Waals surface area (Å²) in [6.07, 6.45) is 0. The van der Waals surface area contributed by atoms with E-state index in [4.69, 9.17) is 16.3 Å². The lowest BCUT2D eigenvalue weighted by Crippen LogP contribution is -2.32. The molecule has 0 radical (unpaired) electrons. The van der Waals surface area contributed by atoms with Gasteiger partial charge in [-0.2, -0.15) is 0 Å². The molecule has 1 aromatic carbocycles. The summed E-state index contributed by atoms with van der Waals surface area (Å²) in [4.78, 5) is 10.2. The number of halogens is 2. The number of nitro groups is 1. The van der Waals surface area contributed by atoms with Gasteiger partial charge in [0.05, 0.1) is 15.5 Å². The van der Waals surface area contributed by atoms with Gasteiger partial charge in [0.25, 0.3) is 5.69 Å². The second-order valence-electron chi connectivity index (χ2n) is 4.36. The molecule has 0 amide bonds. The molecule has 100 valence electrons. The van der Waals surface area contributed by atoms with Crippen LogP contribution in [0.1, 0.15) is 13.8 Å². The molecule has 18 heavy (non-hydrogen) atoms. The molecule has 0 saturated carbocycles. The third-order valence-corrected chi connectivity index (χ3v) is 2.78. The molecular formula is C11H14ClFN2O3. The number of nitrogens with one attached hydrogen (secondary N) is 1. The highest BCUT2D eigenvalue weighted by atomic mass is 35.5. The van der Waals surface area contributed by atoms with Crippen molar-refractivity contribution in [1.29, 1.82) is 0 Å². The summed E-state index contributed by atoms with van der Waals surface area (Å²) in [6, 6.07) is 1.99. The van der Waals surface area contributed by atoms with Crippen LogP contribution in [0.15, 0.2) is 12.1 Å². The molecule has 0 atom stereocenters. The minimum Gasteiger partial charge on any atom is -0.377 e. The Bertz CT molecular complexity index is 466. The van der Waals surface area contributed by atoms with E-state index in [1.165, 1.54) is 7.11 Å². The first-order valence-electron chi connectivity index (χ1n) is 5.19. The van der Waals surface area contributed by atoms with Crippen molar-refractivity contribution in [1.82, 2.24) is 0 Å². The second kappa shape index (κ2) is 5.49. The van der Waals surface area contributed by atoms with Crippen LogP contribution in [0, 0.1) is 15.9 Å². The van der Waals surface area contributed by atoms with E-state index < -0.39 is 16.3 Å².